The summed E-state index contributed by atoms with van der Waals surface area (Å²) in [5.41, 5.74) is 0.633. The first-order valence-electron chi connectivity index (χ1n) is 5.14. The number of rotatable bonds is 5. The van der Waals surface area contributed by atoms with Gasteiger partial charge in [-0.25, -0.2) is 4.98 Å². The number of carbonyl (C=O) groups excluding carboxylic acids is 1. The zero-order valence-electron chi connectivity index (χ0n) is 9.21. The Balaban J connectivity index is 1.93. The Kier molecular flexibility index (Phi) is 3.76. The number of hydrogen-bond donors (Lipinski definition) is 1. The van der Waals surface area contributed by atoms with Crippen LogP contribution in [0.2, 0.25) is 0 Å². The molecule has 2 rings (SSSR count). The van der Waals surface area contributed by atoms with E-state index >= 15 is 0 Å². The molecule has 7 nitrogen and oxygen atoms in total. The van der Waals surface area contributed by atoms with Crippen molar-refractivity contribution in [3.8, 4) is 11.5 Å². The molecule has 0 bridgehead atoms. The maximum absolute atomic E-state index is 11.1. The van der Waals surface area contributed by atoms with Gasteiger partial charge in [0.15, 0.2) is 0 Å². The molecule has 0 aliphatic carbocycles. The van der Waals surface area contributed by atoms with E-state index in [1.807, 2.05) is 0 Å². The molecule has 0 spiro atoms. The molecule has 0 atom stereocenters. The summed E-state index contributed by atoms with van der Waals surface area (Å²) in [5.74, 6) is 0.902. The van der Waals surface area contributed by atoms with Crippen molar-refractivity contribution in [3.63, 3.8) is 0 Å². The van der Waals surface area contributed by atoms with E-state index in [0.29, 0.717) is 30.4 Å². The summed E-state index contributed by atoms with van der Waals surface area (Å²) in [6, 6.07) is 0. The summed E-state index contributed by atoms with van der Waals surface area (Å²) in [6.07, 6.45) is 2.37. The average molecular weight is 253 g/mol. The van der Waals surface area contributed by atoms with Gasteiger partial charge in [-0.2, -0.15) is 13.8 Å². The Morgan fingerprint density at radius 2 is 2.47 bits per heavy atom. The van der Waals surface area contributed by atoms with Gasteiger partial charge in [0, 0.05) is 6.42 Å². The quantitative estimate of drug-likeness (QED) is 0.793. The molecule has 0 amide bonds. The highest BCUT2D eigenvalue weighted by atomic mass is 32.1. The van der Waals surface area contributed by atoms with Gasteiger partial charge < -0.3 is 4.74 Å². The van der Waals surface area contributed by atoms with E-state index in [9.17, 15) is 4.79 Å². The van der Waals surface area contributed by atoms with E-state index < -0.39 is 0 Å². The van der Waals surface area contributed by atoms with Crippen LogP contribution >= 0.6 is 11.7 Å². The van der Waals surface area contributed by atoms with Crippen LogP contribution in [0.25, 0.3) is 11.5 Å². The Morgan fingerprint density at radius 3 is 3.18 bits per heavy atom. The molecule has 17 heavy (non-hydrogen) atoms. The minimum absolute atomic E-state index is 0.235. The molecule has 0 aliphatic heterocycles. The molecule has 8 heteroatoms. The van der Waals surface area contributed by atoms with Crippen LogP contribution in [-0.2, 0) is 16.0 Å². The summed E-state index contributed by atoms with van der Waals surface area (Å²) in [6.45, 7) is 2.17. The Hall–Kier alpha value is -1.83. The maximum atomic E-state index is 11.1. The van der Waals surface area contributed by atoms with E-state index in [0.717, 1.165) is 11.7 Å². The fourth-order valence-electron chi connectivity index (χ4n) is 1.24. The monoisotopic (exact) mass is 253 g/mol. The summed E-state index contributed by atoms with van der Waals surface area (Å²) >= 11 is 1.10. The number of nitrogens with one attached hydrogen (secondary N) is 1. The van der Waals surface area contributed by atoms with Gasteiger partial charge in [-0.3, -0.25) is 9.89 Å². The first kappa shape index (κ1) is 11.6. The van der Waals surface area contributed by atoms with E-state index in [2.05, 4.69) is 23.9 Å². The van der Waals surface area contributed by atoms with E-state index in [-0.39, 0.29) is 12.4 Å². The lowest BCUT2D eigenvalue weighted by atomic mass is 10.3. The van der Waals surface area contributed by atoms with Gasteiger partial charge in [0.2, 0.25) is 5.82 Å². The molecule has 0 saturated heterocycles. The molecule has 2 heterocycles. The van der Waals surface area contributed by atoms with E-state index in [1.54, 1.807) is 13.1 Å². The van der Waals surface area contributed by atoms with Crippen molar-refractivity contribution in [3.05, 3.63) is 12.0 Å². The number of esters is 1. The Bertz CT molecular complexity index is 481. The van der Waals surface area contributed by atoms with Crippen molar-refractivity contribution in [2.75, 3.05) is 6.61 Å². The van der Waals surface area contributed by atoms with Crippen LogP contribution in [-0.4, -0.2) is 36.5 Å². The van der Waals surface area contributed by atoms with Crippen molar-refractivity contribution in [2.45, 2.75) is 19.8 Å². The van der Waals surface area contributed by atoms with Crippen LogP contribution in [0.5, 0.6) is 0 Å². The van der Waals surface area contributed by atoms with Gasteiger partial charge in [-0.05, 0) is 6.92 Å². The van der Waals surface area contributed by atoms with Crippen LogP contribution in [0, 0.1) is 0 Å². The average Bonchev–Trinajstić information content (AvgIpc) is 2.97. The molecule has 0 fully saturated rings. The van der Waals surface area contributed by atoms with Crippen LogP contribution in [0.1, 0.15) is 19.2 Å². The molecule has 0 aromatic carbocycles. The molecule has 0 aliphatic rings. The van der Waals surface area contributed by atoms with Crippen molar-refractivity contribution in [1.82, 2.24) is 23.9 Å². The van der Waals surface area contributed by atoms with Gasteiger partial charge in [0.1, 0.15) is 11.5 Å². The summed E-state index contributed by atoms with van der Waals surface area (Å²) in [5, 5.41) is 6.76. The van der Waals surface area contributed by atoms with Gasteiger partial charge in [-0.1, -0.05) is 0 Å². The largest absolute Gasteiger partial charge is 0.466 e. The van der Waals surface area contributed by atoms with Gasteiger partial charge in [0.25, 0.3) is 0 Å². The van der Waals surface area contributed by atoms with Crippen LogP contribution in [0.3, 0.4) is 0 Å². The van der Waals surface area contributed by atoms with Crippen molar-refractivity contribution in [1.29, 1.82) is 0 Å². The number of H-pyrrole nitrogens is 1. The fraction of sp³-hybridized carbons (Fsp3) is 0.444. The van der Waals surface area contributed by atoms with Crippen LogP contribution in [0.15, 0.2) is 6.20 Å². The third-order valence-electron chi connectivity index (χ3n) is 1.99. The van der Waals surface area contributed by atoms with E-state index in [4.69, 9.17) is 4.74 Å². The van der Waals surface area contributed by atoms with Crippen molar-refractivity contribution >= 4 is 17.7 Å². The second-order valence-corrected chi connectivity index (χ2v) is 3.76. The highest BCUT2D eigenvalue weighted by Crippen LogP contribution is 2.11. The lowest BCUT2D eigenvalue weighted by Gasteiger charge is -1.98. The standard InChI is InChI=1S/C9H11N5O2S/c1-2-16-8(15)4-3-7-11-9(13-12-7)6-5-10-17-14-6/h5H,2-4H2,1H3,(H,11,12,13). The number of aromatic nitrogens is 5. The summed E-state index contributed by atoms with van der Waals surface area (Å²) in [4.78, 5) is 15.4. The smallest absolute Gasteiger partial charge is 0.306 e. The van der Waals surface area contributed by atoms with Crippen LogP contribution in [0.4, 0.5) is 0 Å². The topological polar surface area (TPSA) is 93.7 Å². The first-order valence-corrected chi connectivity index (χ1v) is 5.87. The van der Waals surface area contributed by atoms with Gasteiger partial charge in [-0.15, -0.1) is 0 Å². The number of carbonyl (C=O) groups is 1. The summed E-state index contributed by atoms with van der Waals surface area (Å²) < 4.78 is 12.7. The molecule has 0 saturated carbocycles. The zero-order valence-corrected chi connectivity index (χ0v) is 10.0. The molecule has 0 radical (unpaired) electrons. The highest BCUT2D eigenvalue weighted by Gasteiger charge is 2.10. The lowest BCUT2D eigenvalue weighted by Crippen LogP contribution is -2.05. The molecular formula is C9H11N5O2S. The highest BCUT2D eigenvalue weighted by molar-refractivity contribution is 6.99. The van der Waals surface area contributed by atoms with Gasteiger partial charge >= 0.3 is 5.97 Å². The summed E-state index contributed by atoms with van der Waals surface area (Å²) in [7, 11) is 0. The predicted molar refractivity (Wildman–Crippen MR) is 60.2 cm³/mol. The van der Waals surface area contributed by atoms with E-state index in [1.165, 1.54) is 0 Å². The number of nitrogens with zero attached hydrogens (tertiary/aromatic N) is 4. The molecular weight excluding hydrogens is 242 g/mol. The third kappa shape index (κ3) is 3.06. The molecule has 2 aromatic rings. The Morgan fingerprint density at radius 1 is 1.59 bits per heavy atom. The number of hydrogen-bond acceptors (Lipinski definition) is 7. The molecule has 2 aromatic heterocycles. The molecule has 1 N–H and O–H groups in total. The normalized spacial score (nSPS) is 10.4. The molecule has 90 valence electrons. The number of ether oxygens (including phenoxy) is 1. The van der Waals surface area contributed by atoms with Crippen molar-refractivity contribution in [2.24, 2.45) is 0 Å². The molecule has 0 unspecified atom stereocenters. The second-order valence-electron chi connectivity index (χ2n) is 3.20. The minimum atomic E-state index is -0.235. The van der Waals surface area contributed by atoms with Crippen LogP contribution < -0.4 is 0 Å². The third-order valence-corrected chi connectivity index (χ3v) is 2.47. The van der Waals surface area contributed by atoms with Gasteiger partial charge in [0.05, 0.1) is 31.0 Å². The minimum Gasteiger partial charge on any atom is -0.466 e. The fourth-order valence-corrected chi connectivity index (χ4v) is 1.65. The van der Waals surface area contributed by atoms with Crippen molar-refractivity contribution < 1.29 is 9.53 Å². The number of aromatic amines is 1. The Labute approximate surface area is 102 Å². The zero-order chi connectivity index (χ0) is 12.1. The number of aryl methyl sites for hydroxylation is 1. The first-order chi connectivity index (χ1) is 8.29. The maximum Gasteiger partial charge on any atom is 0.306 e. The second kappa shape index (κ2) is 5.48. The lowest BCUT2D eigenvalue weighted by molar-refractivity contribution is -0.143. The SMILES string of the molecule is CCOC(=O)CCc1nc(-c2cnsn2)n[nH]1. The predicted octanol–water partition coefficient (Wildman–Crippen LogP) is 0.819.